The van der Waals surface area contributed by atoms with Crippen LogP contribution in [0.2, 0.25) is 0 Å². The molecule has 0 aliphatic rings. The molecule has 37 heavy (non-hydrogen) atoms. The van der Waals surface area contributed by atoms with E-state index in [1.54, 1.807) is 14.0 Å². The molecule has 5 rings (SSSR count). The first-order valence-corrected chi connectivity index (χ1v) is 12.1. The van der Waals surface area contributed by atoms with Crippen molar-refractivity contribution in [2.75, 3.05) is 5.32 Å². The molecule has 5 aromatic rings. The second-order valence-electron chi connectivity index (χ2n) is 8.52. The number of anilines is 1. The predicted molar refractivity (Wildman–Crippen MR) is 137 cm³/mol. The molecular formula is C27H21F3N4O2S. The van der Waals surface area contributed by atoms with Gasteiger partial charge in [0.25, 0.3) is 5.91 Å². The Morgan fingerprint density at radius 2 is 1.81 bits per heavy atom. The average Bonchev–Trinajstić information content (AvgIpc) is 3.50. The van der Waals surface area contributed by atoms with Crippen LogP contribution in [0.25, 0.3) is 32.6 Å². The van der Waals surface area contributed by atoms with E-state index in [9.17, 15) is 23.1 Å². The van der Waals surface area contributed by atoms with Gasteiger partial charge in [0.1, 0.15) is 16.6 Å². The maximum Gasteiger partial charge on any atom is 0.417 e. The number of amides is 1. The molecule has 0 radical (unpaired) electrons. The van der Waals surface area contributed by atoms with Gasteiger partial charge in [-0.05, 0) is 42.8 Å². The Morgan fingerprint density at radius 3 is 2.46 bits per heavy atom. The van der Waals surface area contributed by atoms with Crippen LogP contribution in [0.4, 0.5) is 18.9 Å². The molecule has 0 fully saturated rings. The summed E-state index contributed by atoms with van der Waals surface area (Å²) in [5.41, 5.74) is 1.51. The number of hydrogen-bond donors (Lipinski definition) is 2. The number of benzene rings is 3. The van der Waals surface area contributed by atoms with E-state index >= 15 is 0 Å². The third kappa shape index (κ3) is 4.85. The minimum absolute atomic E-state index is 0.0376. The molecule has 10 heteroatoms. The molecule has 188 valence electrons. The molecule has 1 atom stereocenters. The largest absolute Gasteiger partial charge is 0.417 e. The number of aromatic nitrogens is 3. The minimum atomic E-state index is -4.62. The standard InChI is InChI=1S/C27H21F3N4O2S/c1-15(35)26-32-24-22(37-26)11-9-18(16-6-4-3-5-7-16)23(24)31-25(36)17-8-10-20(27(28,29)30)19(14-17)21-12-13-34(2)33-21/h3-15,35H,1-2H3,(H,31,36). The monoisotopic (exact) mass is 522 g/mol. The van der Waals surface area contributed by atoms with Gasteiger partial charge in [-0.15, -0.1) is 11.3 Å². The van der Waals surface area contributed by atoms with Gasteiger partial charge >= 0.3 is 6.18 Å². The predicted octanol–water partition coefficient (Wildman–Crippen LogP) is 6.69. The molecule has 3 aromatic carbocycles. The number of nitrogens with zero attached hydrogens (tertiary/aromatic N) is 3. The van der Waals surface area contributed by atoms with Crippen molar-refractivity contribution in [2.24, 2.45) is 7.05 Å². The SMILES string of the molecule is CC(O)c1nc2c(NC(=O)c3ccc(C(F)(F)F)c(-c4ccn(C)n4)c3)c(-c3ccccc3)ccc2s1. The highest BCUT2D eigenvalue weighted by Crippen LogP contribution is 2.40. The zero-order chi connectivity index (χ0) is 26.3. The molecule has 0 spiro atoms. The number of fused-ring (bicyclic) bond motifs is 1. The van der Waals surface area contributed by atoms with Crippen molar-refractivity contribution in [3.63, 3.8) is 0 Å². The molecule has 0 bridgehead atoms. The molecule has 2 heterocycles. The van der Waals surface area contributed by atoms with Crippen LogP contribution < -0.4 is 5.32 Å². The van der Waals surface area contributed by atoms with Crippen molar-refractivity contribution in [2.45, 2.75) is 19.2 Å². The highest BCUT2D eigenvalue weighted by molar-refractivity contribution is 7.18. The third-order valence-electron chi connectivity index (χ3n) is 5.83. The summed E-state index contributed by atoms with van der Waals surface area (Å²) in [7, 11) is 1.61. The Bertz CT molecular complexity index is 1610. The zero-order valence-corrected chi connectivity index (χ0v) is 20.6. The van der Waals surface area contributed by atoms with Crippen LogP contribution in [0, 0.1) is 0 Å². The maximum atomic E-state index is 13.7. The summed E-state index contributed by atoms with van der Waals surface area (Å²) in [6, 6.07) is 17.8. The van der Waals surface area contributed by atoms with E-state index in [0.29, 0.717) is 21.8 Å². The van der Waals surface area contributed by atoms with Crippen molar-refractivity contribution in [3.05, 3.63) is 89.1 Å². The number of aliphatic hydroxyl groups excluding tert-OH is 1. The number of rotatable bonds is 5. The van der Waals surface area contributed by atoms with Crippen LogP contribution in [0.5, 0.6) is 0 Å². The number of thiazole rings is 1. The first-order valence-electron chi connectivity index (χ1n) is 11.3. The average molecular weight is 523 g/mol. The summed E-state index contributed by atoms with van der Waals surface area (Å²) in [5, 5.41) is 17.5. The lowest BCUT2D eigenvalue weighted by Gasteiger charge is -2.15. The number of carbonyl (C=O) groups excluding carboxylic acids is 1. The Labute approximate surface area is 214 Å². The summed E-state index contributed by atoms with van der Waals surface area (Å²) in [5.74, 6) is -0.595. The fourth-order valence-corrected chi connectivity index (χ4v) is 4.98. The first-order chi connectivity index (χ1) is 17.6. The van der Waals surface area contributed by atoms with Crippen LogP contribution in [-0.2, 0) is 13.2 Å². The van der Waals surface area contributed by atoms with Gasteiger partial charge in [0.05, 0.1) is 21.6 Å². The summed E-state index contributed by atoms with van der Waals surface area (Å²) in [4.78, 5) is 18.0. The molecule has 2 aromatic heterocycles. The van der Waals surface area contributed by atoms with E-state index < -0.39 is 23.8 Å². The molecule has 2 N–H and O–H groups in total. The fraction of sp³-hybridized carbons (Fsp3) is 0.148. The van der Waals surface area contributed by atoms with Crippen LogP contribution >= 0.6 is 11.3 Å². The summed E-state index contributed by atoms with van der Waals surface area (Å²) < 4.78 is 43.4. The van der Waals surface area contributed by atoms with Gasteiger partial charge in [-0.2, -0.15) is 18.3 Å². The van der Waals surface area contributed by atoms with Gasteiger partial charge in [0.2, 0.25) is 0 Å². The highest BCUT2D eigenvalue weighted by atomic mass is 32.1. The van der Waals surface area contributed by atoms with Crippen molar-refractivity contribution in [1.82, 2.24) is 14.8 Å². The Balaban J connectivity index is 1.62. The number of hydrogen-bond acceptors (Lipinski definition) is 5. The normalized spacial score (nSPS) is 12.6. The Hall–Kier alpha value is -4.02. The molecule has 0 aliphatic carbocycles. The molecule has 0 saturated carbocycles. The van der Waals surface area contributed by atoms with Crippen molar-refractivity contribution in [1.29, 1.82) is 0 Å². The number of aryl methyl sites for hydroxylation is 1. The molecule has 0 aliphatic heterocycles. The second-order valence-corrected chi connectivity index (χ2v) is 9.58. The van der Waals surface area contributed by atoms with E-state index in [-0.39, 0.29) is 16.8 Å². The van der Waals surface area contributed by atoms with Crippen molar-refractivity contribution < 1.29 is 23.1 Å². The van der Waals surface area contributed by atoms with Crippen LogP contribution in [-0.4, -0.2) is 25.8 Å². The van der Waals surface area contributed by atoms with Gasteiger partial charge < -0.3 is 10.4 Å². The maximum absolute atomic E-state index is 13.7. The lowest BCUT2D eigenvalue weighted by molar-refractivity contribution is -0.137. The molecule has 1 unspecified atom stereocenters. The van der Waals surface area contributed by atoms with Gasteiger partial charge in [0, 0.05) is 29.9 Å². The summed E-state index contributed by atoms with van der Waals surface area (Å²) in [6.07, 6.45) is -3.87. The second kappa shape index (κ2) is 9.45. The fourth-order valence-electron chi connectivity index (χ4n) is 4.06. The summed E-state index contributed by atoms with van der Waals surface area (Å²) >= 11 is 1.31. The van der Waals surface area contributed by atoms with Crippen LogP contribution in [0.1, 0.15) is 34.0 Å². The molecule has 6 nitrogen and oxygen atoms in total. The number of halogens is 3. The number of nitrogens with one attached hydrogen (secondary N) is 1. The van der Waals surface area contributed by atoms with Crippen molar-refractivity contribution >= 4 is 33.1 Å². The van der Waals surface area contributed by atoms with Gasteiger partial charge in [-0.25, -0.2) is 4.98 Å². The summed E-state index contributed by atoms with van der Waals surface area (Å²) in [6.45, 7) is 1.61. The van der Waals surface area contributed by atoms with E-state index in [0.717, 1.165) is 22.4 Å². The van der Waals surface area contributed by atoms with Gasteiger partial charge in [0.15, 0.2) is 0 Å². The number of carbonyl (C=O) groups is 1. The van der Waals surface area contributed by atoms with Crippen LogP contribution in [0.15, 0.2) is 72.9 Å². The number of aliphatic hydroxyl groups is 1. The van der Waals surface area contributed by atoms with E-state index in [4.69, 9.17) is 0 Å². The number of alkyl halides is 3. The quantitative estimate of drug-likeness (QED) is 0.270. The smallest absolute Gasteiger partial charge is 0.386 e. The van der Waals surface area contributed by atoms with Gasteiger partial charge in [-0.3, -0.25) is 9.48 Å². The van der Waals surface area contributed by atoms with E-state index in [2.05, 4.69) is 15.4 Å². The minimum Gasteiger partial charge on any atom is -0.386 e. The van der Waals surface area contributed by atoms with Crippen molar-refractivity contribution in [3.8, 4) is 22.4 Å². The highest BCUT2D eigenvalue weighted by Gasteiger charge is 2.34. The first kappa shape index (κ1) is 24.7. The lowest BCUT2D eigenvalue weighted by atomic mass is 9.99. The molecule has 0 saturated heterocycles. The van der Waals surface area contributed by atoms with Crippen LogP contribution in [0.3, 0.4) is 0 Å². The molecule has 1 amide bonds. The molecular weight excluding hydrogens is 501 g/mol. The van der Waals surface area contributed by atoms with E-state index in [1.165, 1.54) is 34.3 Å². The lowest BCUT2D eigenvalue weighted by Crippen LogP contribution is -2.15. The Kier molecular flexibility index (Phi) is 6.30. The topological polar surface area (TPSA) is 80.0 Å². The third-order valence-corrected chi connectivity index (χ3v) is 7.03. The van der Waals surface area contributed by atoms with Gasteiger partial charge in [-0.1, -0.05) is 36.4 Å². The van der Waals surface area contributed by atoms with E-state index in [1.807, 2.05) is 42.5 Å². The Morgan fingerprint density at radius 1 is 1.05 bits per heavy atom. The zero-order valence-electron chi connectivity index (χ0n) is 19.7.